The molecule has 1 aromatic heterocycles. The van der Waals surface area contributed by atoms with Crippen molar-refractivity contribution in [2.24, 2.45) is 0 Å². The van der Waals surface area contributed by atoms with Crippen LogP contribution in [0.1, 0.15) is 0 Å². The summed E-state index contributed by atoms with van der Waals surface area (Å²) in [5.74, 6) is 0.0113. The van der Waals surface area contributed by atoms with Crippen LogP contribution in [-0.4, -0.2) is 34.8 Å². The van der Waals surface area contributed by atoms with Crippen molar-refractivity contribution in [1.82, 2.24) is 15.0 Å². The zero-order chi connectivity index (χ0) is 19.0. The molecule has 0 fully saturated rings. The second-order valence-electron chi connectivity index (χ2n) is 6.11. The fourth-order valence-electron chi connectivity index (χ4n) is 2.68. The van der Waals surface area contributed by atoms with Crippen molar-refractivity contribution in [2.75, 3.05) is 11.6 Å². The number of sulfone groups is 1. The number of nitrogens with zero attached hydrogens (tertiary/aromatic N) is 3. The third kappa shape index (κ3) is 3.47. The zero-order valence-electron chi connectivity index (χ0n) is 14.4. The first-order valence-electron chi connectivity index (χ1n) is 8.13. The van der Waals surface area contributed by atoms with E-state index in [1.54, 1.807) is 24.3 Å². The van der Waals surface area contributed by atoms with Crippen LogP contribution < -0.4 is 5.32 Å². The summed E-state index contributed by atoms with van der Waals surface area (Å²) in [5.41, 5.74) is 3.01. The van der Waals surface area contributed by atoms with Gasteiger partial charge in [0.05, 0.1) is 4.90 Å². The van der Waals surface area contributed by atoms with Gasteiger partial charge in [-0.2, -0.15) is 0 Å². The number of phenolic OH excluding ortho intramolecular Hbond substituents is 1. The van der Waals surface area contributed by atoms with Crippen LogP contribution in [0.2, 0.25) is 0 Å². The van der Waals surface area contributed by atoms with Gasteiger partial charge in [-0.25, -0.2) is 8.42 Å². The van der Waals surface area contributed by atoms with E-state index in [-0.39, 0.29) is 10.6 Å². The van der Waals surface area contributed by atoms with E-state index in [1.807, 2.05) is 30.3 Å². The van der Waals surface area contributed by atoms with Crippen molar-refractivity contribution in [3.63, 3.8) is 0 Å². The number of hydrogen-bond acceptors (Lipinski definition) is 6. The summed E-state index contributed by atoms with van der Waals surface area (Å²) >= 11 is 0. The number of aromatic nitrogens is 3. The molecule has 0 saturated carbocycles. The lowest BCUT2D eigenvalue weighted by Gasteiger charge is -2.09. The quantitative estimate of drug-likeness (QED) is 0.528. The number of para-hydroxylation sites is 1. The lowest BCUT2D eigenvalue weighted by Crippen LogP contribution is -2.00. The lowest BCUT2D eigenvalue weighted by molar-refractivity contribution is 0.468. The van der Waals surface area contributed by atoms with E-state index in [0.29, 0.717) is 16.7 Å². The molecular weight excluding hydrogens is 364 g/mol. The van der Waals surface area contributed by atoms with Gasteiger partial charge in [0, 0.05) is 17.6 Å². The summed E-state index contributed by atoms with van der Waals surface area (Å²) in [6, 6.07) is 19.2. The molecule has 4 rings (SSSR count). The Kier molecular flexibility index (Phi) is 4.04. The zero-order valence-corrected chi connectivity index (χ0v) is 15.2. The molecule has 4 aromatic rings. The minimum atomic E-state index is -3.34. The Balaban J connectivity index is 1.75. The number of hydrogen-bond donors (Lipinski definition) is 2. The molecule has 0 saturated heterocycles. The van der Waals surface area contributed by atoms with Crippen molar-refractivity contribution in [3.8, 4) is 11.4 Å². The largest absolute Gasteiger partial charge is 0.506 e. The molecule has 1 heterocycles. The molecule has 0 bridgehead atoms. The number of rotatable bonds is 4. The van der Waals surface area contributed by atoms with E-state index in [9.17, 15) is 13.5 Å². The molecule has 0 radical (unpaired) electrons. The summed E-state index contributed by atoms with van der Waals surface area (Å²) in [4.78, 5) is 1.47. The van der Waals surface area contributed by atoms with Crippen molar-refractivity contribution >= 4 is 32.2 Å². The van der Waals surface area contributed by atoms with Crippen LogP contribution >= 0.6 is 0 Å². The van der Waals surface area contributed by atoms with Crippen molar-refractivity contribution in [1.29, 1.82) is 0 Å². The molecule has 3 aromatic carbocycles. The topological polar surface area (TPSA) is 97.1 Å². The van der Waals surface area contributed by atoms with Crippen molar-refractivity contribution in [2.45, 2.75) is 4.90 Å². The van der Waals surface area contributed by atoms with Crippen LogP contribution in [0.15, 0.2) is 71.6 Å². The van der Waals surface area contributed by atoms with E-state index in [2.05, 4.69) is 15.5 Å². The second-order valence-corrected chi connectivity index (χ2v) is 8.12. The Labute approximate surface area is 155 Å². The fourth-order valence-corrected chi connectivity index (χ4v) is 3.32. The fraction of sp³-hybridized carbons (Fsp3) is 0.0526. The monoisotopic (exact) mass is 380 g/mol. The first kappa shape index (κ1) is 17.0. The average molecular weight is 380 g/mol. The maximum atomic E-state index is 11.7. The number of aromatic hydroxyl groups is 1. The molecule has 0 aliphatic heterocycles. The van der Waals surface area contributed by atoms with E-state index < -0.39 is 9.84 Å². The molecule has 8 heteroatoms. The summed E-state index contributed by atoms with van der Waals surface area (Å²) in [6.07, 6.45) is 1.14. The Morgan fingerprint density at radius 3 is 2.37 bits per heavy atom. The third-order valence-electron chi connectivity index (χ3n) is 4.03. The first-order valence-corrected chi connectivity index (χ1v) is 10.0. The Morgan fingerprint density at radius 2 is 1.63 bits per heavy atom. The molecule has 0 aliphatic carbocycles. The summed E-state index contributed by atoms with van der Waals surface area (Å²) in [5, 5.41) is 22.1. The molecule has 0 atom stereocenters. The molecule has 7 nitrogen and oxygen atoms in total. The Morgan fingerprint density at radius 1 is 0.889 bits per heavy atom. The summed E-state index contributed by atoms with van der Waals surface area (Å²) < 4.78 is 23.4. The highest BCUT2D eigenvalue weighted by Gasteiger charge is 2.13. The second kappa shape index (κ2) is 6.40. The van der Waals surface area contributed by atoms with Crippen LogP contribution in [0.4, 0.5) is 11.4 Å². The van der Waals surface area contributed by atoms with Gasteiger partial charge in [0.1, 0.15) is 22.5 Å². The maximum Gasteiger partial charge on any atom is 0.175 e. The number of anilines is 2. The van der Waals surface area contributed by atoms with Gasteiger partial charge >= 0.3 is 0 Å². The van der Waals surface area contributed by atoms with Gasteiger partial charge in [-0.05, 0) is 48.5 Å². The molecule has 0 amide bonds. The first-order chi connectivity index (χ1) is 12.9. The highest BCUT2D eigenvalue weighted by atomic mass is 32.2. The predicted octanol–water partition coefficient (Wildman–Crippen LogP) is 3.27. The van der Waals surface area contributed by atoms with E-state index >= 15 is 0 Å². The van der Waals surface area contributed by atoms with Gasteiger partial charge in [0.15, 0.2) is 9.84 Å². The normalized spacial score (nSPS) is 11.6. The summed E-state index contributed by atoms with van der Waals surface area (Å²) in [6.45, 7) is 0. The number of nitrogens with one attached hydrogen (secondary N) is 1. The minimum Gasteiger partial charge on any atom is -0.506 e. The van der Waals surface area contributed by atoms with Gasteiger partial charge in [-0.15, -0.1) is 15.0 Å². The van der Waals surface area contributed by atoms with E-state index in [4.69, 9.17) is 0 Å². The summed E-state index contributed by atoms with van der Waals surface area (Å²) in [7, 11) is -3.34. The molecule has 136 valence electrons. The molecule has 2 N–H and O–H groups in total. The number of phenols is 1. The number of benzene rings is 3. The smallest absolute Gasteiger partial charge is 0.175 e. The maximum absolute atomic E-state index is 11.7. The van der Waals surface area contributed by atoms with Gasteiger partial charge in [-0.3, -0.25) is 0 Å². The molecule has 0 spiro atoms. The van der Waals surface area contributed by atoms with Gasteiger partial charge < -0.3 is 10.4 Å². The lowest BCUT2D eigenvalue weighted by atomic mass is 10.2. The standard InChI is InChI=1S/C19H16N4O3S/c1-27(25,26)15-8-9-16-17(12-15)22-23(21-16)18-11-14(7-10-19(18)24)20-13-5-3-2-4-6-13/h2-12,20,24H,1H3. The van der Waals surface area contributed by atoms with Crippen molar-refractivity contribution < 1.29 is 13.5 Å². The Hall–Kier alpha value is -3.39. The molecule has 0 unspecified atom stereocenters. The van der Waals surface area contributed by atoms with E-state index in [0.717, 1.165) is 17.6 Å². The molecule has 0 aliphatic rings. The van der Waals surface area contributed by atoms with Crippen LogP contribution in [0, 0.1) is 0 Å². The predicted molar refractivity (Wildman–Crippen MR) is 103 cm³/mol. The minimum absolute atomic E-state index is 0.0113. The van der Waals surface area contributed by atoms with E-state index in [1.165, 1.54) is 16.9 Å². The van der Waals surface area contributed by atoms with Crippen LogP contribution in [0.3, 0.4) is 0 Å². The Bertz CT molecular complexity index is 1230. The molecular formula is C19H16N4O3S. The van der Waals surface area contributed by atoms with Crippen LogP contribution in [0.5, 0.6) is 5.75 Å². The highest BCUT2D eigenvalue weighted by molar-refractivity contribution is 7.90. The highest BCUT2D eigenvalue weighted by Crippen LogP contribution is 2.27. The van der Waals surface area contributed by atoms with Crippen molar-refractivity contribution in [3.05, 3.63) is 66.7 Å². The SMILES string of the molecule is CS(=O)(=O)c1ccc2nn(-c3cc(Nc4ccccc4)ccc3O)nc2c1. The van der Waals surface area contributed by atoms with Gasteiger partial charge in [0.25, 0.3) is 0 Å². The van der Waals surface area contributed by atoms with Gasteiger partial charge in [-0.1, -0.05) is 18.2 Å². The van der Waals surface area contributed by atoms with Crippen LogP contribution in [0.25, 0.3) is 16.7 Å². The average Bonchev–Trinajstić information content (AvgIpc) is 3.06. The number of fused-ring (bicyclic) bond motifs is 1. The van der Waals surface area contributed by atoms with Gasteiger partial charge in [0.2, 0.25) is 0 Å². The molecule has 27 heavy (non-hydrogen) atoms. The third-order valence-corrected chi connectivity index (χ3v) is 5.14. The van der Waals surface area contributed by atoms with Crippen LogP contribution in [-0.2, 0) is 9.84 Å².